The molecule has 2 N–H and O–H groups in total. The number of carbonyl (C=O) groups is 1. The van der Waals surface area contributed by atoms with Crippen LogP contribution in [0.25, 0.3) is 0 Å². The van der Waals surface area contributed by atoms with Gasteiger partial charge in [0.2, 0.25) is 0 Å². The molecular formula is C20H14F11NO2S. The third kappa shape index (κ3) is 6.99. The first kappa shape index (κ1) is 28.7. The summed E-state index contributed by atoms with van der Waals surface area (Å²) in [5.74, 6) is -7.41. The molecule has 0 radical (unpaired) electrons. The van der Waals surface area contributed by atoms with Gasteiger partial charge >= 0.3 is 24.5 Å². The number of benzene rings is 2. The Morgan fingerprint density at radius 2 is 1.34 bits per heavy atom. The van der Waals surface area contributed by atoms with Gasteiger partial charge in [-0.05, 0) is 37.3 Å². The number of alkyl halides is 11. The van der Waals surface area contributed by atoms with Gasteiger partial charge in [0.25, 0.3) is 5.91 Å². The van der Waals surface area contributed by atoms with Crippen molar-refractivity contribution in [3.05, 3.63) is 59.2 Å². The van der Waals surface area contributed by atoms with Crippen LogP contribution in [0.1, 0.15) is 23.6 Å². The van der Waals surface area contributed by atoms with E-state index in [0.29, 0.717) is 24.3 Å². The van der Waals surface area contributed by atoms with Gasteiger partial charge in [-0.2, -0.15) is 48.3 Å². The van der Waals surface area contributed by atoms with Gasteiger partial charge in [0.1, 0.15) is 5.60 Å². The van der Waals surface area contributed by atoms with Crippen LogP contribution in [0.2, 0.25) is 0 Å². The van der Waals surface area contributed by atoms with Crippen LogP contribution in [0.3, 0.4) is 0 Å². The van der Waals surface area contributed by atoms with Crippen molar-refractivity contribution in [2.75, 3.05) is 11.1 Å². The van der Waals surface area contributed by atoms with Crippen molar-refractivity contribution in [3.8, 4) is 0 Å². The number of anilines is 1. The van der Waals surface area contributed by atoms with E-state index < -0.39 is 69.0 Å². The molecule has 0 aliphatic rings. The maximum atomic E-state index is 13.5. The Morgan fingerprint density at radius 3 is 1.80 bits per heavy atom. The van der Waals surface area contributed by atoms with Gasteiger partial charge in [-0.1, -0.05) is 12.1 Å². The second-order valence-electron chi connectivity index (χ2n) is 7.41. The normalized spacial score (nSPS) is 15.0. The van der Waals surface area contributed by atoms with E-state index in [2.05, 4.69) is 0 Å². The molecule has 0 saturated heterocycles. The first-order valence-corrected chi connectivity index (χ1v) is 10.1. The fourth-order valence-corrected chi connectivity index (χ4v) is 3.52. The minimum atomic E-state index is -5.93. The van der Waals surface area contributed by atoms with Crippen LogP contribution >= 0.6 is 11.8 Å². The van der Waals surface area contributed by atoms with E-state index in [4.69, 9.17) is 0 Å². The first-order chi connectivity index (χ1) is 15.6. The molecule has 0 aliphatic carbocycles. The lowest BCUT2D eigenvalue weighted by Crippen LogP contribution is -2.42. The van der Waals surface area contributed by atoms with Crippen LogP contribution in [0, 0.1) is 0 Å². The lowest BCUT2D eigenvalue weighted by Gasteiger charge is -2.23. The molecule has 0 saturated carbocycles. The Hall–Kier alpha value is -2.55. The molecule has 0 spiro atoms. The fraction of sp³-hybridized carbons (Fsp3) is 0.350. The molecule has 0 aliphatic heterocycles. The summed E-state index contributed by atoms with van der Waals surface area (Å²) in [6, 6.07) is 3.08. The lowest BCUT2D eigenvalue weighted by molar-refractivity contribution is -0.289. The van der Waals surface area contributed by atoms with Gasteiger partial charge in [-0.15, -0.1) is 11.8 Å². The van der Waals surface area contributed by atoms with Gasteiger partial charge in [0.05, 0.1) is 11.1 Å². The minimum Gasteiger partial charge on any atom is -0.379 e. The number of carbonyl (C=O) groups excluding carboxylic acids is 1. The van der Waals surface area contributed by atoms with E-state index >= 15 is 0 Å². The van der Waals surface area contributed by atoms with Crippen molar-refractivity contribution in [2.45, 2.75) is 41.9 Å². The third-order valence-corrected chi connectivity index (χ3v) is 5.68. The van der Waals surface area contributed by atoms with Crippen molar-refractivity contribution < 1.29 is 58.2 Å². The minimum absolute atomic E-state index is 0.112. The molecule has 2 rings (SSSR count). The lowest BCUT2D eigenvalue weighted by atomic mass is 10.1. The molecular weight excluding hydrogens is 527 g/mol. The molecule has 0 heterocycles. The van der Waals surface area contributed by atoms with Crippen LogP contribution in [-0.2, 0) is 23.1 Å². The van der Waals surface area contributed by atoms with E-state index in [-0.39, 0.29) is 17.8 Å². The third-order valence-electron chi connectivity index (χ3n) is 4.41. The van der Waals surface area contributed by atoms with Gasteiger partial charge in [-0.25, -0.2) is 0 Å². The van der Waals surface area contributed by atoms with Crippen molar-refractivity contribution in [3.63, 3.8) is 0 Å². The number of nitrogens with one attached hydrogen (secondary N) is 1. The maximum absolute atomic E-state index is 13.5. The number of hydrogen-bond acceptors (Lipinski definition) is 3. The first-order valence-electron chi connectivity index (χ1n) is 9.16. The zero-order chi connectivity index (χ0) is 27.0. The van der Waals surface area contributed by atoms with E-state index in [9.17, 15) is 58.2 Å². The number of thioether (sulfide) groups is 1. The Labute approximate surface area is 194 Å². The average Bonchev–Trinajstić information content (AvgIpc) is 2.70. The van der Waals surface area contributed by atoms with Gasteiger partial charge < -0.3 is 10.4 Å². The number of aliphatic hydroxyl groups is 1. The number of halogens is 11. The van der Waals surface area contributed by atoms with Crippen LogP contribution < -0.4 is 5.32 Å². The molecule has 0 bridgehead atoms. The summed E-state index contributed by atoms with van der Waals surface area (Å²) in [6.07, 6.45) is -16.2. The molecule has 3 nitrogen and oxygen atoms in total. The van der Waals surface area contributed by atoms with Crippen LogP contribution in [0.4, 0.5) is 54.0 Å². The zero-order valence-corrected chi connectivity index (χ0v) is 18.0. The summed E-state index contributed by atoms with van der Waals surface area (Å²) in [5.41, 5.74) is -7.82. The summed E-state index contributed by atoms with van der Waals surface area (Å²) in [7, 11) is 0. The number of hydrogen-bond donors (Lipinski definition) is 2. The highest BCUT2D eigenvalue weighted by atomic mass is 32.2. The number of amides is 1. The second-order valence-corrected chi connectivity index (χ2v) is 8.46. The molecule has 35 heavy (non-hydrogen) atoms. The van der Waals surface area contributed by atoms with E-state index in [1.54, 1.807) is 0 Å². The predicted octanol–water partition coefficient (Wildman–Crippen LogP) is 6.86. The Bertz CT molecular complexity index is 1040. The Kier molecular flexibility index (Phi) is 7.77. The van der Waals surface area contributed by atoms with E-state index in [0.717, 1.165) is 19.1 Å². The summed E-state index contributed by atoms with van der Waals surface area (Å²) < 4.78 is 142. The smallest absolute Gasteiger partial charge is 0.379 e. The summed E-state index contributed by atoms with van der Waals surface area (Å²) >= 11 is 0.258. The average molecular weight is 541 g/mol. The Morgan fingerprint density at radius 1 is 0.829 bits per heavy atom. The summed E-state index contributed by atoms with van der Waals surface area (Å²) in [5, 5.41) is 12.2. The highest BCUT2D eigenvalue weighted by Gasteiger charge is 2.58. The molecule has 1 atom stereocenters. The van der Waals surface area contributed by atoms with Crippen molar-refractivity contribution in [1.82, 2.24) is 0 Å². The Balaban J connectivity index is 2.22. The quantitative estimate of drug-likeness (QED) is 0.311. The van der Waals surface area contributed by atoms with Gasteiger partial charge in [-0.3, -0.25) is 4.79 Å². The van der Waals surface area contributed by atoms with E-state index in [1.165, 1.54) is 0 Å². The predicted molar refractivity (Wildman–Crippen MR) is 103 cm³/mol. The summed E-state index contributed by atoms with van der Waals surface area (Å²) in [4.78, 5) is 11.7. The molecule has 1 unspecified atom stereocenters. The zero-order valence-electron chi connectivity index (χ0n) is 17.2. The van der Waals surface area contributed by atoms with Crippen LogP contribution in [0.5, 0.6) is 0 Å². The molecule has 0 fully saturated rings. The summed E-state index contributed by atoms with van der Waals surface area (Å²) in [6.45, 7) is 0.821. The van der Waals surface area contributed by atoms with Gasteiger partial charge in [0.15, 0.2) is 0 Å². The van der Waals surface area contributed by atoms with Crippen molar-refractivity contribution in [2.24, 2.45) is 0 Å². The molecule has 15 heteroatoms. The molecule has 2 aromatic rings. The molecule has 194 valence electrons. The standard InChI is InChI=1S/C20H14F11NO2S/c1-16(34,9-35-14-7-11(18(23,24)25)5-12(8-14)19(26,27)28)15(33)32-13-4-2-3-10(6-13)17(21,22)20(29,30)31/h2-8,34H,9H2,1H3,(H,32,33). The number of rotatable bonds is 6. The topological polar surface area (TPSA) is 49.3 Å². The largest absolute Gasteiger partial charge is 0.458 e. The monoisotopic (exact) mass is 541 g/mol. The second kappa shape index (κ2) is 9.48. The molecule has 2 aromatic carbocycles. The highest BCUT2D eigenvalue weighted by Crippen LogP contribution is 2.44. The maximum Gasteiger partial charge on any atom is 0.458 e. The molecule has 1 amide bonds. The SMILES string of the molecule is CC(O)(CSc1cc(C(F)(F)F)cc(C(F)(F)F)c1)C(=O)Nc1cccc(C(F)(F)C(F)(F)F)c1. The van der Waals surface area contributed by atoms with Gasteiger partial charge in [0, 0.05) is 21.9 Å². The fourth-order valence-electron chi connectivity index (χ4n) is 2.52. The van der Waals surface area contributed by atoms with Crippen LogP contribution in [-0.4, -0.2) is 28.5 Å². The highest BCUT2D eigenvalue weighted by molar-refractivity contribution is 7.99. The van der Waals surface area contributed by atoms with Crippen LogP contribution in [0.15, 0.2) is 47.4 Å². The molecule has 0 aromatic heterocycles. The van der Waals surface area contributed by atoms with Crippen molar-refractivity contribution >= 4 is 23.4 Å². The van der Waals surface area contributed by atoms with Crippen molar-refractivity contribution in [1.29, 1.82) is 0 Å². The van der Waals surface area contributed by atoms with E-state index in [1.807, 2.05) is 5.32 Å².